The Bertz CT molecular complexity index is 1010. The minimum absolute atomic E-state index is 0.0620. The fraction of sp³-hybridized carbons (Fsp3) is 0.200. The maximum absolute atomic E-state index is 12.9. The van der Waals surface area contributed by atoms with Crippen LogP contribution in [0, 0.1) is 6.92 Å². The molecule has 2 N–H and O–H groups in total. The lowest BCUT2D eigenvalue weighted by molar-refractivity contribution is -0.118. The highest BCUT2D eigenvalue weighted by Gasteiger charge is 2.18. The Hall–Kier alpha value is -3.60. The minimum Gasteiger partial charge on any atom is -0.465 e. The average molecular weight is 402 g/mol. The standard InChI is InChI=1S/C25H26N2O3/c1-18-9-6-7-13-22(18)24(28)27-23(17-21-12-8-16-30-21)25(29)26-19(2)14-15-20-10-4-3-5-11-20/h3-13,16-17,19H,14-15H2,1-2H3,(H,26,29)(H,27,28)/b23-17-/t19-/m1/s1. The number of benzene rings is 2. The second-order valence-corrected chi connectivity index (χ2v) is 7.24. The van der Waals surface area contributed by atoms with Gasteiger partial charge in [0.25, 0.3) is 11.8 Å². The van der Waals surface area contributed by atoms with E-state index in [0.717, 1.165) is 18.4 Å². The number of hydrogen-bond donors (Lipinski definition) is 2. The summed E-state index contributed by atoms with van der Waals surface area (Å²) in [5.41, 5.74) is 2.72. The first-order chi connectivity index (χ1) is 14.5. The lowest BCUT2D eigenvalue weighted by Gasteiger charge is -2.16. The van der Waals surface area contributed by atoms with Gasteiger partial charge in [0.05, 0.1) is 6.26 Å². The van der Waals surface area contributed by atoms with Crippen LogP contribution in [0.4, 0.5) is 0 Å². The van der Waals surface area contributed by atoms with Crippen LogP contribution in [0.1, 0.15) is 40.6 Å². The van der Waals surface area contributed by atoms with Crippen molar-refractivity contribution in [3.63, 3.8) is 0 Å². The van der Waals surface area contributed by atoms with E-state index in [0.29, 0.717) is 11.3 Å². The van der Waals surface area contributed by atoms with E-state index in [-0.39, 0.29) is 23.6 Å². The van der Waals surface area contributed by atoms with Crippen LogP contribution in [0.2, 0.25) is 0 Å². The highest BCUT2D eigenvalue weighted by Crippen LogP contribution is 2.11. The molecule has 0 bridgehead atoms. The van der Waals surface area contributed by atoms with E-state index in [4.69, 9.17) is 4.42 Å². The molecule has 0 radical (unpaired) electrons. The summed E-state index contributed by atoms with van der Waals surface area (Å²) in [6.07, 6.45) is 4.70. The van der Waals surface area contributed by atoms with Gasteiger partial charge < -0.3 is 15.1 Å². The van der Waals surface area contributed by atoms with Crippen LogP contribution in [0.3, 0.4) is 0 Å². The number of carbonyl (C=O) groups is 2. The van der Waals surface area contributed by atoms with Crippen molar-refractivity contribution in [1.29, 1.82) is 0 Å². The number of amides is 2. The molecular weight excluding hydrogens is 376 g/mol. The molecule has 0 unspecified atom stereocenters. The summed E-state index contributed by atoms with van der Waals surface area (Å²) in [7, 11) is 0. The molecule has 3 aromatic rings. The molecule has 0 aliphatic carbocycles. The molecule has 5 heteroatoms. The van der Waals surface area contributed by atoms with Crippen LogP contribution in [-0.2, 0) is 11.2 Å². The van der Waals surface area contributed by atoms with Crippen molar-refractivity contribution in [2.24, 2.45) is 0 Å². The van der Waals surface area contributed by atoms with Gasteiger partial charge in [-0.25, -0.2) is 0 Å². The first-order valence-corrected chi connectivity index (χ1v) is 10.00. The number of furan rings is 1. The third kappa shape index (κ3) is 5.95. The average Bonchev–Trinajstić information content (AvgIpc) is 3.26. The molecule has 0 aliphatic rings. The molecule has 5 nitrogen and oxygen atoms in total. The Morgan fingerprint density at radius 3 is 2.43 bits per heavy atom. The van der Waals surface area contributed by atoms with Gasteiger partial charge >= 0.3 is 0 Å². The Morgan fingerprint density at radius 1 is 1.00 bits per heavy atom. The van der Waals surface area contributed by atoms with Crippen LogP contribution in [0.5, 0.6) is 0 Å². The first-order valence-electron chi connectivity index (χ1n) is 10.00. The van der Waals surface area contributed by atoms with Crippen LogP contribution < -0.4 is 10.6 Å². The molecule has 2 aromatic carbocycles. The highest BCUT2D eigenvalue weighted by atomic mass is 16.3. The Labute approximate surface area is 176 Å². The molecular formula is C25H26N2O3. The predicted molar refractivity (Wildman–Crippen MR) is 118 cm³/mol. The summed E-state index contributed by atoms with van der Waals surface area (Å²) >= 11 is 0. The highest BCUT2D eigenvalue weighted by molar-refractivity contribution is 6.05. The molecule has 1 aromatic heterocycles. The van der Waals surface area contributed by atoms with E-state index in [1.165, 1.54) is 17.9 Å². The van der Waals surface area contributed by atoms with Crippen molar-refractivity contribution in [2.75, 3.05) is 0 Å². The minimum atomic E-state index is -0.353. The van der Waals surface area contributed by atoms with Gasteiger partial charge in [-0.1, -0.05) is 48.5 Å². The zero-order valence-corrected chi connectivity index (χ0v) is 17.2. The lowest BCUT2D eigenvalue weighted by Crippen LogP contribution is -2.39. The summed E-state index contributed by atoms with van der Waals surface area (Å²) in [5, 5.41) is 5.71. The normalized spacial score (nSPS) is 12.3. The van der Waals surface area contributed by atoms with Crippen molar-refractivity contribution >= 4 is 17.9 Å². The summed E-state index contributed by atoms with van der Waals surface area (Å²) in [5.74, 6) is -0.200. The maximum Gasteiger partial charge on any atom is 0.268 e. The van der Waals surface area contributed by atoms with E-state index in [1.54, 1.807) is 24.3 Å². The molecule has 154 valence electrons. The molecule has 0 fully saturated rings. The van der Waals surface area contributed by atoms with E-state index < -0.39 is 0 Å². The summed E-state index contributed by atoms with van der Waals surface area (Å²) in [6, 6.07) is 20.8. The number of nitrogens with one attached hydrogen (secondary N) is 2. The second-order valence-electron chi connectivity index (χ2n) is 7.24. The summed E-state index contributed by atoms with van der Waals surface area (Å²) < 4.78 is 5.33. The smallest absolute Gasteiger partial charge is 0.268 e. The Balaban J connectivity index is 1.69. The van der Waals surface area contributed by atoms with Crippen molar-refractivity contribution in [1.82, 2.24) is 10.6 Å². The molecule has 2 amide bonds. The number of carbonyl (C=O) groups excluding carboxylic acids is 2. The van der Waals surface area contributed by atoms with Gasteiger partial charge in [0, 0.05) is 17.7 Å². The Morgan fingerprint density at radius 2 is 1.73 bits per heavy atom. The van der Waals surface area contributed by atoms with Crippen LogP contribution >= 0.6 is 0 Å². The third-order valence-electron chi connectivity index (χ3n) is 4.80. The van der Waals surface area contributed by atoms with Gasteiger partial charge in [0.15, 0.2) is 0 Å². The molecule has 0 saturated heterocycles. The second kappa shape index (κ2) is 10.3. The first kappa shape index (κ1) is 21.1. The fourth-order valence-corrected chi connectivity index (χ4v) is 3.09. The molecule has 0 spiro atoms. The molecule has 30 heavy (non-hydrogen) atoms. The summed E-state index contributed by atoms with van der Waals surface area (Å²) in [4.78, 5) is 25.6. The largest absolute Gasteiger partial charge is 0.465 e. The third-order valence-corrected chi connectivity index (χ3v) is 4.80. The SMILES string of the molecule is Cc1ccccc1C(=O)N/C(=C\c1ccco1)C(=O)N[C@H](C)CCc1ccccc1. The topological polar surface area (TPSA) is 71.3 Å². The fourth-order valence-electron chi connectivity index (χ4n) is 3.09. The van der Waals surface area contributed by atoms with Gasteiger partial charge in [-0.2, -0.15) is 0 Å². The molecule has 0 saturated carbocycles. The maximum atomic E-state index is 12.9. The number of aryl methyl sites for hydroxylation is 2. The Kier molecular flexibility index (Phi) is 7.22. The number of hydrogen-bond acceptors (Lipinski definition) is 3. The molecule has 0 aliphatic heterocycles. The van der Waals surface area contributed by atoms with Crippen molar-refractivity contribution in [2.45, 2.75) is 32.7 Å². The zero-order valence-electron chi connectivity index (χ0n) is 17.2. The van der Waals surface area contributed by atoms with Crippen LogP contribution in [0.15, 0.2) is 83.1 Å². The lowest BCUT2D eigenvalue weighted by atomic mass is 10.1. The quantitative estimate of drug-likeness (QED) is 0.545. The van der Waals surface area contributed by atoms with E-state index in [9.17, 15) is 9.59 Å². The van der Waals surface area contributed by atoms with Crippen molar-refractivity contribution < 1.29 is 14.0 Å². The zero-order chi connectivity index (χ0) is 21.3. The van der Waals surface area contributed by atoms with Gasteiger partial charge in [0.2, 0.25) is 0 Å². The van der Waals surface area contributed by atoms with Gasteiger partial charge in [0.1, 0.15) is 11.5 Å². The number of rotatable bonds is 8. The van der Waals surface area contributed by atoms with E-state index in [2.05, 4.69) is 22.8 Å². The predicted octanol–water partition coefficient (Wildman–Crippen LogP) is 4.50. The monoisotopic (exact) mass is 402 g/mol. The van der Waals surface area contributed by atoms with Gasteiger partial charge in [-0.05, 0) is 56.0 Å². The molecule has 1 atom stereocenters. The van der Waals surface area contributed by atoms with Gasteiger partial charge in [-0.15, -0.1) is 0 Å². The molecule has 3 rings (SSSR count). The summed E-state index contributed by atoms with van der Waals surface area (Å²) in [6.45, 7) is 3.81. The van der Waals surface area contributed by atoms with Gasteiger partial charge in [-0.3, -0.25) is 9.59 Å². The van der Waals surface area contributed by atoms with Crippen LogP contribution in [0.25, 0.3) is 6.08 Å². The van der Waals surface area contributed by atoms with E-state index in [1.807, 2.05) is 44.2 Å². The molecule has 1 heterocycles. The van der Waals surface area contributed by atoms with Crippen molar-refractivity contribution in [3.8, 4) is 0 Å². The van der Waals surface area contributed by atoms with Crippen LogP contribution in [-0.4, -0.2) is 17.9 Å². The van der Waals surface area contributed by atoms with E-state index >= 15 is 0 Å². The van der Waals surface area contributed by atoms with Crippen molar-refractivity contribution in [3.05, 3.63) is 101 Å².